The van der Waals surface area contributed by atoms with E-state index in [0.717, 1.165) is 29.2 Å². The van der Waals surface area contributed by atoms with E-state index in [1.165, 1.54) is 6.07 Å². The van der Waals surface area contributed by atoms with E-state index in [-0.39, 0.29) is 11.1 Å². The molecule has 3 aromatic carbocycles. The number of nitrogens with zero attached hydrogens (tertiary/aromatic N) is 1. The Morgan fingerprint density at radius 1 is 1.00 bits per heavy atom. The number of hydrogen-bond donors (Lipinski definition) is 1. The standard InChI is InChI=1S/C22H18F2N2O2S/c23-16-9-10-20(19(24)14-16)25-22(27)26-11-12-29-21(26)15-5-4-8-18(13-15)28-17-6-2-1-3-7-17/h1-10,13-14,21H,11-12H2,(H,25,27)/t21-/m0/s1. The van der Waals surface area contributed by atoms with E-state index in [0.29, 0.717) is 12.3 Å². The van der Waals surface area contributed by atoms with Crippen LogP contribution in [0.5, 0.6) is 11.5 Å². The highest BCUT2D eigenvalue weighted by molar-refractivity contribution is 7.99. The van der Waals surface area contributed by atoms with Crippen molar-refractivity contribution in [3.8, 4) is 11.5 Å². The molecule has 0 saturated carbocycles. The van der Waals surface area contributed by atoms with E-state index in [1.807, 2.05) is 54.6 Å². The van der Waals surface area contributed by atoms with Crippen molar-refractivity contribution in [3.05, 3.63) is 90.0 Å². The van der Waals surface area contributed by atoms with E-state index in [9.17, 15) is 13.6 Å². The van der Waals surface area contributed by atoms with Crippen molar-refractivity contribution in [2.75, 3.05) is 17.6 Å². The fourth-order valence-corrected chi connectivity index (χ4v) is 4.33. The highest BCUT2D eigenvalue weighted by Crippen LogP contribution is 2.39. The Morgan fingerprint density at radius 3 is 2.59 bits per heavy atom. The maximum atomic E-state index is 13.9. The largest absolute Gasteiger partial charge is 0.457 e. The number of benzene rings is 3. The summed E-state index contributed by atoms with van der Waals surface area (Å²) >= 11 is 1.62. The van der Waals surface area contributed by atoms with Crippen molar-refractivity contribution in [2.24, 2.45) is 0 Å². The second kappa shape index (κ2) is 8.53. The lowest BCUT2D eigenvalue weighted by Crippen LogP contribution is -2.34. The number of ether oxygens (including phenoxy) is 1. The first-order chi connectivity index (χ1) is 14.1. The molecule has 4 rings (SSSR count). The van der Waals surface area contributed by atoms with Crippen molar-refractivity contribution >= 4 is 23.5 Å². The molecule has 4 nitrogen and oxygen atoms in total. The summed E-state index contributed by atoms with van der Waals surface area (Å²) in [6, 6.07) is 19.6. The van der Waals surface area contributed by atoms with Gasteiger partial charge in [-0.2, -0.15) is 0 Å². The minimum Gasteiger partial charge on any atom is -0.457 e. The minimum absolute atomic E-state index is 0.0480. The first-order valence-electron chi connectivity index (χ1n) is 9.07. The van der Waals surface area contributed by atoms with Gasteiger partial charge in [0.25, 0.3) is 0 Å². The Kier molecular flexibility index (Phi) is 5.67. The van der Waals surface area contributed by atoms with E-state index in [1.54, 1.807) is 16.7 Å². The van der Waals surface area contributed by atoms with Crippen molar-refractivity contribution in [1.29, 1.82) is 0 Å². The third-order valence-electron chi connectivity index (χ3n) is 4.45. The zero-order chi connectivity index (χ0) is 20.2. The average Bonchev–Trinajstić information content (AvgIpc) is 3.21. The van der Waals surface area contributed by atoms with Gasteiger partial charge < -0.3 is 15.0 Å². The molecule has 1 aliphatic heterocycles. The van der Waals surface area contributed by atoms with Crippen LogP contribution in [0.15, 0.2) is 72.8 Å². The monoisotopic (exact) mass is 412 g/mol. The predicted molar refractivity (Wildman–Crippen MR) is 110 cm³/mol. The molecule has 1 saturated heterocycles. The zero-order valence-corrected chi connectivity index (χ0v) is 16.2. The number of para-hydroxylation sites is 1. The molecule has 0 aromatic heterocycles. The second-order valence-corrected chi connectivity index (χ2v) is 7.65. The van der Waals surface area contributed by atoms with Gasteiger partial charge in [0.2, 0.25) is 0 Å². The molecule has 1 fully saturated rings. The van der Waals surface area contributed by atoms with Crippen LogP contribution < -0.4 is 10.1 Å². The number of nitrogens with one attached hydrogen (secondary N) is 1. The minimum atomic E-state index is -0.806. The summed E-state index contributed by atoms with van der Waals surface area (Å²) < 4.78 is 32.9. The Labute approximate surface area is 171 Å². The van der Waals surface area contributed by atoms with E-state index in [4.69, 9.17) is 4.74 Å². The lowest BCUT2D eigenvalue weighted by Gasteiger charge is -2.25. The molecule has 29 heavy (non-hydrogen) atoms. The second-order valence-electron chi connectivity index (χ2n) is 6.46. The topological polar surface area (TPSA) is 41.6 Å². The van der Waals surface area contributed by atoms with E-state index < -0.39 is 17.7 Å². The summed E-state index contributed by atoms with van der Waals surface area (Å²) in [5.74, 6) is 0.662. The molecule has 1 aliphatic rings. The number of amides is 2. The number of thioether (sulfide) groups is 1. The van der Waals surface area contributed by atoms with Crippen LogP contribution in [0.1, 0.15) is 10.9 Å². The fourth-order valence-electron chi connectivity index (χ4n) is 3.09. The molecule has 3 aromatic rings. The molecular formula is C22H18F2N2O2S. The van der Waals surface area contributed by atoms with Crippen molar-refractivity contribution in [2.45, 2.75) is 5.37 Å². The number of carbonyl (C=O) groups is 1. The maximum absolute atomic E-state index is 13.9. The van der Waals surface area contributed by atoms with Gasteiger partial charge in [0.05, 0.1) is 5.69 Å². The Balaban J connectivity index is 1.50. The number of hydrogen-bond acceptors (Lipinski definition) is 3. The summed E-state index contributed by atoms with van der Waals surface area (Å²) in [6.07, 6.45) is 0. The van der Waals surface area contributed by atoms with Crippen LogP contribution in [0, 0.1) is 11.6 Å². The number of urea groups is 1. The summed E-state index contributed by atoms with van der Waals surface area (Å²) in [5.41, 5.74) is 0.865. The van der Waals surface area contributed by atoms with Crippen molar-refractivity contribution in [1.82, 2.24) is 4.90 Å². The Morgan fingerprint density at radius 2 is 1.79 bits per heavy atom. The summed E-state index contributed by atoms with van der Waals surface area (Å²) in [5, 5.41) is 2.31. The van der Waals surface area contributed by atoms with Gasteiger partial charge in [-0.15, -0.1) is 11.8 Å². The predicted octanol–water partition coefficient (Wildman–Crippen LogP) is 6.04. The first-order valence-corrected chi connectivity index (χ1v) is 10.1. The SMILES string of the molecule is O=C(Nc1ccc(F)cc1F)N1CCS[C@H]1c1cccc(Oc2ccccc2)c1. The molecule has 1 atom stereocenters. The van der Waals surface area contributed by atoms with Gasteiger partial charge in [-0.1, -0.05) is 30.3 Å². The van der Waals surface area contributed by atoms with Crippen LogP contribution >= 0.6 is 11.8 Å². The quantitative estimate of drug-likeness (QED) is 0.568. The molecule has 1 N–H and O–H groups in total. The molecule has 0 radical (unpaired) electrons. The molecule has 0 aliphatic carbocycles. The molecule has 0 spiro atoms. The van der Waals surface area contributed by atoms with Crippen LogP contribution in [0.2, 0.25) is 0 Å². The lowest BCUT2D eigenvalue weighted by atomic mass is 10.2. The third kappa shape index (κ3) is 4.51. The Bertz CT molecular complexity index is 1020. The van der Waals surface area contributed by atoms with Crippen molar-refractivity contribution in [3.63, 3.8) is 0 Å². The molecule has 148 valence electrons. The van der Waals surface area contributed by atoms with Gasteiger partial charge in [-0.05, 0) is 42.0 Å². The van der Waals surface area contributed by atoms with Gasteiger partial charge in [0.15, 0.2) is 0 Å². The summed E-state index contributed by atoms with van der Waals surface area (Å²) in [7, 11) is 0. The Hall–Kier alpha value is -3.06. The van der Waals surface area contributed by atoms with Crippen LogP contribution in [0.3, 0.4) is 0 Å². The highest BCUT2D eigenvalue weighted by atomic mass is 32.2. The maximum Gasteiger partial charge on any atom is 0.323 e. The lowest BCUT2D eigenvalue weighted by molar-refractivity contribution is 0.214. The number of halogens is 2. The van der Waals surface area contributed by atoms with E-state index in [2.05, 4.69) is 5.32 Å². The van der Waals surface area contributed by atoms with Crippen LogP contribution in [0.4, 0.5) is 19.3 Å². The molecule has 7 heteroatoms. The molecule has 0 bridgehead atoms. The molecule has 0 unspecified atom stereocenters. The average molecular weight is 412 g/mol. The normalized spacial score (nSPS) is 15.9. The van der Waals surface area contributed by atoms with Gasteiger partial charge in [-0.3, -0.25) is 0 Å². The van der Waals surface area contributed by atoms with E-state index >= 15 is 0 Å². The van der Waals surface area contributed by atoms with Crippen molar-refractivity contribution < 1.29 is 18.3 Å². The van der Waals surface area contributed by atoms with Gasteiger partial charge in [-0.25, -0.2) is 13.6 Å². The number of rotatable bonds is 4. The summed E-state index contributed by atoms with van der Waals surface area (Å²) in [6.45, 7) is 0.522. The number of carbonyl (C=O) groups excluding carboxylic acids is 1. The van der Waals surface area contributed by atoms with Gasteiger partial charge >= 0.3 is 6.03 Å². The van der Waals surface area contributed by atoms with Gasteiger partial charge in [0, 0.05) is 18.4 Å². The molecule has 2 amide bonds. The zero-order valence-electron chi connectivity index (χ0n) is 15.3. The summed E-state index contributed by atoms with van der Waals surface area (Å²) in [4.78, 5) is 14.4. The molecule has 1 heterocycles. The van der Waals surface area contributed by atoms with Crippen LogP contribution in [-0.4, -0.2) is 23.2 Å². The first kappa shape index (κ1) is 19.3. The van der Waals surface area contributed by atoms with Crippen LogP contribution in [-0.2, 0) is 0 Å². The smallest absolute Gasteiger partial charge is 0.323 e. The van der Waals surface area contributed by atoms with Crippen LogP contribution in [0.25, 0.3) is 0 Å². The third-order valence-corrected chi connectivity index (χ3v) is 5.71. The van der Waals surface area contributed by atoms with Gasteiger partial charge in [0.1, 0.15) is 28.5 Å². The number of anilines is 1. The molecular weight excluding hydrogens is 394 g/mol. The highest BCUT2D eigenvalue weighted by Gasteiger charge is 2.31. The fraction of sp³-hybridized carbons (Fsp3) is 0.136.